The first-order chi connectivity index (χ1) is 17.3. The van der Waals surface area contributed by atoms with Crippen LogP contribution < -0.4 is 10.6 Å². The van der Waals surface area contributed by atoms with Crippen molar-refractivity contribution in [1.29, 1.82) is 0 Å². The van der Waals surface area contributed by atoms with Gasteiger partial charge in [0.15, 0.2) is 0 Å². The second-order valence-electron chi connectivity index (χ2n) is 9.36. The number of amides is 2. The highest BCUT2D eigenvalue weighted by atomic mass is 35.5. The number of benzene rings is 1. The monoisotopic (exact) mass is 532 g/mol. The number of piperidine rings is 1. The summed E-state index contributed by atoms with van der Waals surface area (Å²) in [4.78, 5) is 43.6. The minimum absolute atomic E-state index is 0.0543. The first kappa shape index (κ1) is 26.2. The van der Waals surface area contributed by atoms with Gasteiger partial charge < -0.3 is 20.6 Å². The molecule has 36 heavy (non-hydrogen) atoms. The predicted molar refractivity (Wildman–Crippen MR) is 138 cm³/mol. The number of hydrogen-bond donors (Lipinski definition) is 3. The van der Waals surface area contributed by atoms with Gasteiger partial charge in [0, 0.05) is 47.7 Å². The lowest BCUT2D eigenvalue weighted by Gasteiger charge is -2.32. The van der Waals surface area contributed by atoms with Crippen molar-refractivity contribution >= 4 is 46.8 Å². The number of carbonyl (C=O) groups is 3. The summed E-state index contributed by atoms with van der Waals surface area (Å²) >= 11 is 12.1. The van der Waals surface area contributed by atoms with Crippen LogP contribution in [0.15, 0.2) is 30.3 Å². The Morgan fingerprint density at radius 1 is 1.14 bits per heavy atom. The Morgan fingerprint density at radius 3 is 2.56 bits per heavy atom. The van der Waals surface area contributed by atoms with Crippen LogP contribution in [0.4, 0.5) is 5.82 Å². The molecule has 3 N–H and O–H groups in total. The predicted octanol–water partition coefficient (Wildman–Crippen LogP) is 4.25. The molecule has 1 aromatic carbocycles. The van der Waals surface area contributed by atoms with Crippen molar-refractivity contribution in [2.24, 2.45) is 5.92 Å². The minimum atomic E-state index is -1.04. The van der Waals surface area contributed by atoms with Gasteiger partial charge in [-0.3, -0.25) is 14.4 Å². The maximum absolute atomic E-state index is 13.0. The molecule has 0 unspecified atom stereocenters. The molecule has 0 aliphatic carbocycles. The van der Waals surface area contributed by atoms with Gasteiger partial charge in [0.1, 0.15) is 5.82 Å². The van der Waals surface area contributed by atoms with Crippen molar-refractivity contribution in [3.63, 3.8) is 0 Å². The summed E-state index contributed by atoms with van der Waals surface area (Å²) in [5.41, 5.74) is 2.67. The lowest BCUT2D eigenvalue weighted by Crippen LogP contribution is -2.44. The van der Waals surface area contributed by atoms with Crippen molar-refractivity contribution in [3.05, 3.63) is 57.2 Å². The maximum Gasteiger partial charge on any atom is 0.305 e. The van der Waals surface area contributed by atoms with Crippen LogP contribution in [0.5, 0.6) is 0 Å². The molecule has 0 saturated carbocycles. The highest BCUT2D eigenvalue weighted by molar-refractivity contribution is 6.34. The molecule has 1 atom stereocenters. The molecule has 1 saturated heterocycles. The number of carbonyl (C=O) groups excluding carboxylic acids is 2. The van der Waals surface area contributed by atoms with E-state index >= 15 is 0 Å². The molecule has 0 radical (unpaired) electrons. The van der Waals surface area contributed by atoms with Crippen molar-refractivity contribution in [2.45, 2.75) is 51.0 Å². The number of carboxylic acids is 1. The summed E-state index contributed by atoms with van der Waals surface area (Å²) in [5.74, 6) is -0.581. The number of rotatable bonds is 8. The number of anilines is 1. The fraction of sp³-hybridized carbons (Fsp3) is 0.462. The summed E-state index contributed by atoms with van der Waals surface area (Å²) in [6, 6.07) is 8.11. The van der Waals surface area contributed by atoms with Crippen molar-refractivity contribution in [3.8, 4) is 0 Å². The lowest BCUT2D eigenvalue weighted by atomic mass is 9.94. The molecule has 2 aliphatic rings. The number of hydrogen-bond acceptors (Lipinski definition) is 5. The Hall–Kier alpha value is -2.84. The summed E-state index contributed by atoms with van der Waals surface area (Å²) in [6.07, 6.45) is 3.85. The van der Waals surface area contributed by atoms with Crippen LogP contribution in [0.1, 0.15) is 55.0 Å². The highest BCUT2D eigenvalue weighted by Crippen LogP contribution is 2.27. The second-order valence-corrected chi connectivity index (χ2v) is 10.2. The summed E-state index contributed by atoms with van der Waals surface area (Å²) in [5, 5.41) is 16.2. The molecule has 1 fully saturated rings. The van der Waals surface area contributed by atoms with Gasteiger partial charge in [-0.05, 0) is 67.5 Å². The van der Waals surface area contributed by atoms with Crippen molar-refractivity contribution < 1.29 is 19.5 Å². The van der Waals surface area contributed by atoms with Crippen molar-refractivity contribution in [2.75, 3.05) is 25.0 Å². The molecular weight excluding hydrogens is 503 g/mol. The number of pyridine rings is 1. The standard InChI is InChI=1S/C26H30Cl2N4O4/c27-19-12-18(13-20(28)14-19)22(15-24(34)35)31-26(36)17-7-10-32(11-8-17)23(33)6-5-21-4-3-16-2-1-9-29-25(16)30-21/h3-4,12-14,17,22H,1-2,5-11,15H2,(H,29,30)(H,31,36)(H,34,35)/t22-/m0/s1. The number of aryl methyl sites for hydroxylation is 2. The van der Waals surface area contributed by atoms with Gasteiger partial charge in [-0.15, -0.1) is 0 Å². The van der Waals surface area contributed by atoms with E-state index in [0.717, 1.165) is 30.9 Å². The third-order valence-electron chi connectivity index (χ3n) is 6.75. The molecular formula is C26H30Cl2N4O4. The normalized spacial score (nSPS) is 16.6. The van der Waals surface area contributed by atoms with Gasteiger partial charge in [-0.2, -0.15) is 0 Å². The zero-order chi connectivity index (χ0) is 25.7. The molecule has 2 amide bonds. The van der Waals surface area contributed by atoms with Crippen LogP contribution in [0, 0.1) is 5.92 Å². The van der Waals surface area contributed by atoms with Crippen LogP contribution in [0.3, 0.4) is 0 Å². The molecule has 0 spiro atoms. The molecule has 10 heteroatoms. The van der Waals surface area contributed by atoms with Gasteiger partial charge in [-0.1, -0.05) is 29.3 Å². The number of halogens is 2. The average Bonchev–Trinajstić information content (AvgIpc) is 2.86. The number of aromatic nitrogens is 1. The molecule has 8 nitrogen and oxygen atoms in total. The van der Waals surface area contributed by atoms with E-state index < -0.39 is 12.0 Å². The smallest absolute Gasteiger partial charge is 0.305 e. The van der Waals surface area contributed by atoms with E-state index in [1.165, 1.54) is 5.56 Å². The van der Waals surface area contributed by atoms with Crippen molar-refractivity contribution in [1.82, 2.24) is 15.2 Å². The fourth-order valence-corrected chi connectivity index (χ4v) is 5.33. The van der Waals surface area contributed by atoms with E-state index in [0.29, 0.717) is 54.4 Å². The molecule has 1 aromatic heterocycles. The number of carboxylic acid groups (broad SMARTS) is 1. The molecule has 192 valence electrons. The number of nitrogens with zero attached hydrogens (tertiary/aromatic N) is 2. The summed E-state index contributed by atoms with van der Waals surface area (Å²) in [7, 11) is 0. The highest BCUT2D eigenvalue weighted by Gasteiger charge is 2.29. The third kappa shape index (κ3) is 6.89. The summed E-state index contributed by atoms with van der Waals surface area (Å²) in [6.45, 7) is 1.90. The Morgan fingerprint density at radius 2 is 1.86 bits per heavy atom. The molecule has 4 rings (SSSR count). The van der Waals surface area contributed by atoms with Crippen LogP contribution in [-0.4, -0.2) is 52.4 Å². The molecule has 3 heterocycles. The third-order valence-corrected chi connectivity index (χ3v) is 7.18. The largest absolute Gasteiger partial charge is 0.481 e. The van der Waals surface area contributed by atoms with Crippen LogP contribution in [-0.2, 0) is 27.2 Å². The van der Waals surface area contributed by atoms with Gasteiger partial charge >= 0.3 is 5.97 Å². The van der Waals surface area contributed by atoms with Crippen LogP contribution >= 0.6 is 23.2 Å². The van der Waals surface area contributed by atoms with Gasteiger partial charge in [0.05, 0.1) is 12.5 Å². The van der Waals surface area contributed by atoms with Gasteiger partial charge in [0.25, 0.3) is 0 Å². The number of nitrogens with one attached hydrogen (secondary N) is 2. The van der Waals surface area contributed by atoms with Gasteiger partial charge in [0.2, 0.25) is 11.8 Å². The summed E-state index contributed by atoms with van der Waals surface area (Å²) < 4.78 is 0. The van der Waals surface area contributed by atoms with E-state index in [4.69, 9.17) is 23.2 Å². The Kier molecular flexibility index (Phi) is 8.69. The quantitative estimate of drug-likeness (QED) is 0.468. The molecule has 2 aromatic rings. The van der Waals surface area contributed by atoms with Crippen LogP contribution in [0.25, 0.3) is 0 Å². The van der Waals surface area contributed by atoms with E-state index in [9.17, 15) is 19.5 Å². The topological polar surface area (TPSA) is 112 Å². The number of fused-ring (bicyclic) bond motifs is 1. The maximum atomic E-state index is 13.0. The Bertz CT molecular complexity index is 1110. The van der Waals surface area contributed by atoms with Crippen LogP contribution in [0.2, 0.25) is 10.0 Å². The minimum Gasteiger partial charge on any atom is -0.481 e. The number of aliphatic carboxylic acids is 1. The second kappa shape index (κ2) is 11.9. The Labute approximate surface area is 220 Å². The zero-order valence-corrected chi connectivity index (χ0v) is 21.4. The Balaban J connectivity index is 1.28. The molecule has 0 bridgehead atoms. The lowest BCUT2D eigenvalue weighted by molar-refractivity contribution is -0.139. The van der Waals surface area contributed by atoms with E-state index in [2.05, 4.69) is 21.7 Å². The SMILES string of the molecule is O=C(O)C[C@H](NC(=O)C1CCN(C(=O)CCc2ccc3c(n2)NCCC3)CC1)c1cc(Cl)cc(Cl)c1. The van der Waals surface area contributed by atoms with Gasteiger partial charge in [-0.25, -0.2) is 4.98 Å². The number of likely N-dealkylation sites (tertiary alicyclic amines) is 1. The van der Waals surface area contributed by atoms with E-state index in [1.54, 1.807) is 23.1 Å². The first-order valence-corrected chi connectivity index (χ1v) is 13.0. The van der Waals surface area contributed by atoms with E-state index in [1.807, 2.05) is 6.07 Å². The van der Waals surface area contributed by atoms with E-state index in [-0.39, 0.29) is 24.2 Å². The average molecular weight is 533 g/mol. The zero-order valence-electron chi connectivity index (χ0n) is 19.9. The first-order valence-electron chi connectivity index (χ1n) is 12.3. The molecule has 2 aliphatic heterocycles. The fourth-order valence-electron chi connectivity index (χ4n) is 4.79.